The largest absolute Gasteiger partial charge is 0.389 e. The third-order valence-electron chi connectivity index (χ3n) is 3.57. The summed E-state index contributed by atoms with van der Waals surface area (Å²) in [6, 6.07) is 5.61. The fourth-order valence-corrected chi connectivity index (χ4v) is 2.60. The van der Waals surface area contributed by atoms with Crippen molar-refractivity contribution in [2.75, 3.05) is 26.3 Å². The number of hydrogen-bond donors (Lipinski definition) is 2. The van der Waals surface area contributed by atoms with Crippen LogP contribution in [0.4, 0.5) is 4.39 Å². The van der Waals surface area contributed by atoms with Gasteiger partial charge in [-0.05, 0) is 18.2 Å². The maximum absolute atomic E-state index is 13.2. The van der Waals surface area contributed by atoms with Gasteiger partial charge in [0.15, 0.2) is 5.43 Å². The first kappa shape index (κ1) is 14.2. The molecule has 0 aliphatic carbocycles. The number of pyridine rings is 1. The molecule has 0 radical (unpaired) electrons. The Morgan fingerprint density at radius 1 is 1.43 bits per heavy atom. The van der Waals surface area contributed by atoms with E-state index in [0.29, 0.717) is 43.8 Å². The Balaban J connectivity index is 1.87. The van der Waals surface area contributed by atoms with Crippen molar-refractivity contribution >= 4 is 10.9 Å². The summed E-state index contributed by atoms with van der Waals surface area (Å²) in [4.78, 5) is 17.2. The summed E-state index contributed by atoms with van der Waals surface area (Å²) in [6.07, 6.45) is -0.520. The maximum Gasteiger partial charge on any atom is 0.189 e. The molecule has 112 valence electrons. The Morgan fingerprint density at radius 2 is 2.29 bits per heavy atom. The number of benzene rings is 1. The molecule has 6 heteroatoms. The number of β-amino-alcohol motifs (C(OH)–C–C–N with tert-alkyl or cyclic N) is 1. The van der Waals surface area contributed by atoms with Gasteiger partial charge in [0.2, 0.25) is 0 Å². The fraction of sp³-hybridized carbons (Fsp3) is 0.400. The molecule has 1 aromatic carbocycles. The average molecular weight is 292 g/mol. The van der Waals surface area contributed by atoms with E-state index < -0.39 is 11.9 Å². The van der Waals surface area contributed by atoms with Crippen LogP contribution in [0.1, 0.15) is 5.69 Å². The molecule has 21 heavy (non-hydrogen) atoms. The zero-order valence-electron chi connectivity index (χ0n) is 11.5. The second-order valence-corrected chi connectivity index (χ2v) is 5.31. The lowest BCUT2D eigenvalue weighted by atomic mass is 10.2. The molecule has 0 spiro atoms. The van der Waals surface area contributed by atoms with Crippen LogP contribution < -0.4 is 5.43 Å². The lowest BCUT2D eigenvalue weighted by Crippen LogP contribution is -2.32. The molecule has 1 saturated heterocycles. The molecule has 2 heterocycles. The summed E-state index contributed by atoms with van der Waals surface area (Å²) in [7, 11) is 0. The monoisotopic (exact) mass is 292 g/mol. The third-order valence-corrected chi connectivity index (χ3v) is 3.57. The number of nitrogens with zero attached hydrogens (tertiary/aromatic N) is 1. The van der Waals surface area contributed by atoms with E-state index in [1.165, 1.54) is 18.2 Å². The zero-order chi connectivity index (χ0) is 14.8. The minimum Gasteiger partial charge on any atom is -0.389 e. The zero-order valence-corrected chi connectivity index (χ0v) is 11.5. The van der Waals surface area contributed by atoms with E-state index in [1.54, 1.807) is 6.07 Å². The number of aliphatic hydroxyl groups excluding tert-OH is 1. The molecule has 1 aliphatic heterocycles. The molecule has 2 N–H and O–H groups in total. The van der Waals surface area contributed by atoms with Crippen LogP contribution in [0.3, 0.4) is 0 Å². The summed E-state index contributed by atoms with van der Waals surface area (Å²) < 4.78 is 18.5. The second-order valence-electron chi connectivity index (χ2n) is 5.31. The highest BCUT2D eigenvalue weighted by molar-refractivity contribution is 5.78. The first-order valence-electron chi connectivity index (χ1n) is 6.91. The van der Waals surface area contributed by atoms with Gasteiger partial charge in [-0.15, -0.1) is 0 Å². The molecular weight excluding hydrogens is 275 g/mol. The number of fused-ring (bicyclic) bond motifs is 1. The highest BCUT2D eigenvalue weighted by atomic mass is 19.1. The minimum absolute atomic E-state index is 0.204. The van der Waals surface area contributed by atoms with E-state index in [-0.39, 0.29) is 5.43 Å². The highest BCUT2D eigenvalue weighted by Crippen LogP contribution is 2.12. The lowest BCUT2D eigenvalue weighted by Gasteiger charge is -2.20. The molecule has 5 nitrogen and oxygen atoms in total. The van der Waals surface area contributed by atoms with E-state index >= 15 is 0 Å². The van der Waals surface area contributed by atoms with Crippen LogP contribution in [0.15, 0.2) is 29.1 Å². The van der Waals surface area contributed by atoms with Crippen LogP contribution in [-0.2, 0) is 11.3 Å². The molecule has 0 bridgehead atoms. The summed E-state index contributed by atoms with van der Waals surface area (Å²) in [5.74, 6) is -0.423. The van der Waals surface area contributed by atoms with Crippen LogP contribution in [0.25, 0.3) is 10.9 Å². The predicted molar refractivity (Wildman–Crippen MR) is 76.6 cm³/mol. The molecule has 0 saturated carbocycles. The van der Waals surface area contributed by atoms with Gasteiger partial charge in [0.1, 0.15) is 5.82 Å². The van der Waals surface area contributed by atoms with Crippen molar-refractivity contribution in [3.63, 3.8) is 0 Å². The predicted octanol–water partition coefficient (Wildman–Crippen LogP) is 0.860. The summed E-state index contributed by atoms with van der Waals surface area (Å²) in [5.41, 5.74) is 1.16. The number of nitrogens with one attached hydrogen (secondary N) is 1. The first-order valence-corrected chi connectivity index (χ1v) is 6.91. The van der Waals surface area contributed by atoms with Gasteiger partial charge < -0.3 is 14.8 Å². The van der Waals surface area contributed by atoms with E-state index in [9.17, 15) is 14.3 Å². The van der Waals surface area contributed by atoms with Crippen molar-refractivity contribution in [1.29, 1.82) is 0 Å². The summed E-state index contributed by atoms with van der Waals surface area (Å²) in [6.45, 7) is 2.61. The Hall–Kier alpha value is -1.76. The van der Waals surface area contributed by atoms with Gasteiger partial charge in [-0.25, -0.2) is 4.39 Å². The molecule has 1 aromatic heterocycles. The average Bonchev–Trinajstić information content (AvgIpc) is 2.64. The van der Waals surface area contributed by atoms with Gasteiger partial charge in [0, 0.05) is 42.3 Å². The van der Waals surface area contributed by atoms with Crippen LogP contribution in [0.2, 0.25) is 0 Å². The lowest BCUT2D eigenvalue weighted by molar-refractivity contribution is 0.0562. The molecule has 1 aliphatic rings. The number of aromatic amines is 1. The van der Waals surface area contributed by atoms with Gasteiger partial charge in [-0.3, -0.25) is 9.69 Å². The topological polar surface area (TPSA) is 65.6 Å². The minimum atomic E-state index is -0.520. The Bertz CT molecular complexity index is 701. The van der Waals surface area contributed by atoms with Crippen molar-refractivity contribution in [2.45, 2.75) is 12.6 Å². The van der Waals surface area contributed by atoms with Crippen LogP contribution >= 0.6 is 0 Å². The number of H-pyrrole nitrogens is 1. The highest BCUT2D eigenvalue weighted by Gasteiger charge is 2.17. The van der Waals surface area contributed by atoms with Crippen molar-refractivity contribution in [3.8, 4) is 0 Å². The van der Waals surface area contributed by atoms with Gasteiger partial charge in [-0.2, -0.15) is 0 Å². The smallest absolute Gasteiger partial charge is 0.189 e. The van der Waals surface area contributed by atoms with Crippen molar-refractivity contribution in [2.24, 2.45) is 0 Å². The van der Waals surface area contributed by atoms with Crippen LogP contribution in [-0.4, -0.2) is 47.4 Å². The van der Waals surface area contributed by atoms with E-state index in [1.807, 2.05) is 4.90 Å². The van der Waals surface area contributed by atoms with Gasteiger partial charge in [0.25, 0.3) is 0 Å². The first-order chi connectivity index (χ1) is 10.1. The molecule has 0 amide bonds. The number of rotatable bonds is 2. The normalized spacial score (nSPS) is 20.6. The van der Waals surface area contributed by atoms with Gasteiger partial charge in [0.05, 0.1) is 19.3 Å². The number of halogens is 1. The number of hydrogen-bond acceptors (Lipinski definition) is 4. The summed E-state index contributed by atoms with van der Waals surface area (Å²) in [5, 5.41) is 10.1. The van der Waals surface area contributed by atoms with Crippen LogP contribution in [0, 0.1) is 5.82 Å². The molecular formula is C15H17FN2O3. The SMILES string of the molecule is O=c1cc(CN2CCOCC(O)C2)[nH]c2ccc(F)cc12. The van der Waals surface area contributed by atoms with Gasteiger partial charge in [-0.1, -0.05) is 0 Å². The Morgan fingerprint density at radius 3 is 3.14 bits per heavy atom. The van der Waals surface area contributed by atoms with Crippen molar-refractivity contribution in [1.82, 2.24) is 9.88 Å². The van der Waals surface area contributed by atoms with E-state index in [4.69, 9.17) is 4.74 Å². The standard InChI is InChI=1S/C15H17FN2O3/c16-10-1-2-14-13(5-10)15(20)6-11(17-14)7-18-3-4-21-9-12(19)8-18/h1-2,5-6,12,19H,3-4,7-9H2,(H,17,20). The molecule has 1 fully saturated rings. The van der Waals surface area contributed by atoms with E-state index in [0.717, 1.165) is 5.69 Å². The molecule has 3 rings (SSSR count). The van der Waals surface area contributed by atoms with Crippen LogP contribution in [0.5, 0.6) is 0 Å². The fourth-order valence-electron chi connectivity index (χ4n) is 2.60. The quantitative estimate of drug-likeness (QED) is 0.861. The Labute approximate surface area is 121 Å². The maximum atomic E-state index is 13.2. The number of aromatic nitrogens is 1. The van der Waals surface area contributed by atoms with Gasteiger partial charge >= 0.3 is 0 Å². The van der Waals surface area contributed by atoms with Crippen molar-refractivity contribution < 1.29 is 14.2 Å². The number of aliphatic hydroxyl groups is 1. The summed E-state index contributed by atoms with van der Waals surface area (Å²) >= 11 is 0. The molecule has 2 aromatic rings. The van der Waals surface area contributed by atoms with E-state index in [2.05, 4.69) is 4.98 Å². The third kappa shape index (κ3) is 3.29. The second kappa shape index (κ2) is 5.93. The Kier molecular flexibility index (Phi) is 4.01. The molecule has 1 atom stereocenters. The van der Waals surface area contributed by atoms with Crippen molar-refractivity contribution in [3.05, 3.63) is 46.0 Å². The number of ether oxygens (including phenoxy) is 1. The molecule has 1 unspecified atom stereocenters.